The lowest BCUT2D eigenvalue weighted by atomic mass is 9.97. The summed E-state index contributed by atoms with van der Waals surface area (Å²) in [6.07, 6.45) is 4.57. The smallest absolute Gasteiger partial charge is 0.197 e. The number of thioether (sulfide) groups is 1. The summed E-state index contributed by atoms with van der Waals surface area (Å²) < 4.78 is 15.8. The van der Waals surface area contributed by atoms with Crippen LogP contribution in [-0.2, 0) is 12.8 Å². The Morgan fingerprint density at radius 3 is 2.93 bits per heavy atom. The van der Waals surface area contributed by atoms with Crippen molar-refractivity contribution in [1.29, 1.82) is 0 Å². The van der Waals surface area contributed by atoms with Gasteiger partial charge in [-0.05, 0) is 50.3 Å². The van der Waals surface area contributed by atoms with Gasteiger partial charge < -0.3 is 0 Å². The fourth-order valence-corrected chi connectivity index (χ4v) is 5.93. The molecule has 0 unspecified atom stereocenters. The Hall–Kier alpha value is -2.32. The van der Waals surface area contributed by atoms with Crippen molar-refractivity contribution in [3.05, 3.63) is 51.9 Å². The molecule has 0 fully saturated rings. The number of thiophene rings is 1. The summed E-state index contributed by atoms with van der Waals surface area (Å²) in [7, 11) is 0. The van der Waals surface area contributed by atoms with Crippen molar-refractivity contribution in [2.45, 2.75) is 37.8 Å². The molecule has 0 bridgehead atoms. The molecule has 0 spiro atoms. The minimum absolute atomic E-state index is 0.0982. The first-order valence-electron chi connectivity index (χ1n) is 9.20. The van der Waals surface area contributed by atoms with E-state index in [0.29, 0.717) is 5.16 Å². The zero-order valence-electron chi connectivity index (χ0n) is 15.2. The molecule has 3 heterocycles. The summed E-state index contributed by atoms with van der Waals surface area (Å²) in [6, 6.07) is 6.05. The third-order valence-corrected chi connectivity index (χ3v) is 7.22. The van der Waals surface area contributed by atoms with Gasteiger partial charge in [0.15, 0.2) is 16.6 Å². The molecule has 0 radical (unpaired) electrons. The molecule has 5 nitrogen and oxygen atoms in total. The van der Waals surface area contributed by atoms with Gasteiger partial charge >= 0.3 is 0 Å². The van der Waals surface area contributed by atoms with Crippen LogP contribution in [0.1, 0.15) is 39.5 Å². The Morgan fingerprint density at radius 1 is 1.25 bits per heavy atom. The summed E-state index contributed by atoms with van der Waals surface area (Å²) in [6.45, 7) is 1.93. The second kappa shape index (κ2) is 6.93. The lowest BCUT2D eigenvalue weighted by molar-refractivity contribution is 0.101. The standard InChI is InChI=1S/C20H17FN4OS2/c1-11-22-19-17(13-7-3-5-9-16(13)28-19)18-23-24-20(25(11)18)27-10-15(26)12-6-2-4-8-14(12)21/h2,4,6,8H,3,5,7,9-10H2,1H3. The van der Waals surface area contributed by atoms with Crippen molar-refractivity contribution in [3.63, 3.8) is 0 Å². The lowest BCUT2D eigenvalue weighted by Crippen LogP contribution is -2.06. The molecule has 0 aliphatic heterocycles. The van der Waals surface area contributed by atoms with Crippen molar-refractivity contribution >= 4 is 44.7 Å². The number of Topliss-reactive ketones (excluding diaryl/α,β-unsaturated/α-hetero) is 1. The van der Waals surface area contributed by atoms with Crippen LogP contribution >= 0.6 is 23.1 Å². The molecule has 5 rings (SSSR count). The molecule has 28 heavy (non-hydrogen) atoms. The Kier molecular flexibility index (Phi) is 4.40. The number of benzene rings is 1. The highest BCUT2D eigenvalue weighted by atomic mass is 32.2. The Labute approximate surface area is 169 Å². The van der Waals surface area contributed by atoms with E-state index in [4.69, 9.17) is 4.98 Å². The number of carbonyl (C=O) groups is 1. The van der Waals surface area contributed by atoms with Crippen molar-refractivity contribution < 1.29 is 9.18 Å². The van der Waals surface area contributed by atoms with Crippen LogP contribution in [0.5, 0.6) is 0 Å². The number of aryl methyl sites for hydroxylation is 3. The normalized spacial score (nSPS) is 13.9. The molecule has 1 aliphatic rings. The van der Waals surface area contributed by atoms with Crippen LogP contribution in [0.25, 0.3) is 15.9 Å². The van der Waals surface area contributed by atoms with Crippen LogP contribution in [0, 0.1) is 12.7 Å². The average molecular weight is 413 g/mol. The molecule has 1 aliphatic carbocycles. The molecule has 0 N–H and O–H groups in total. The van der Waals surface area contributed by atoms with Crippen LogP contribution in [0.2, 0.25) is 0 Å². The van der Waals surface area contributed by atoms with Crippen molar-refractivity contribution in [2.75, 3.05) is 5.75 Å². The molecule has 0 saturated carbocycles. The SMILES string of the molecule is Cc1nc2sc3c(c2c2nnc(SCC(=O)c4ccccc4F)n12)CCCC3. The first-order chi connectivity index (χ1) is 13.6. The van der Waals surface area contributed by atoms with Gasteiger partial charge in [-0.15, -0.1) is 21.5 Å². The molecule has 0 saturated heterocycles. The zero-order valence-corrected chi connectivity index (χ0v) is 16.9. The summed E-state index contributed by atoms with van der Waals surface area (Å²) in [5.74, 6) is 0.135. The topological polar surface area (TPSA) is 60.2 Å². The molecule has 0 amide bonds. The van der Waals surface area contributed by atoms with Gasteiger partial charge in [0.25, 0.3) is 0 Å². The maximum absolute atomic E-state index is 13.9. The molecule has 3 aromatic heterocycles. The molecule has 0 atom stereocenters. The molecular weight excluding hydrogens is 395 g/mol. The number of ketones is 1. The number of aromatic nitrogens is 4. The van der Waals surface area contributed by atoms with Crippen molar-refractivity contribution in [3.8, 4) is 0 Å². The van der Waals surface area contributed by atoms with E-state index < -0.39 is 5.82 Å². The number of hydrogen-bond donors (Lipinski definition) is 0. The summed E-state index contributed by atoms with van der Waals surface area (Å²) >= 11 is 3.03. The highest BCUT2D eigenvalue weighted by molar-refractivity contribution is 7.99. The average Bonchev–Trinajstić information content (AvgIpc) is 3.27. The summed E-state index contributed by atoms with van der Waals surface area (Å²) in [5.41, 5.74) is 2.27. The number of halogens is 1. The van der Waals surface area contributed by atoms with Gasteiger partial charge in [0.1, 0.15) is 16.5 Å². The van der Waals surface area contributed by atoms with E-state index in [0.717, 1.165) is 34.5 Å². The highest BCUT2D eigenvalue weighted by Crippen LogP contribution is 2.38. The largest absolute Gasteiger partial charge is 0.293 e. The van der Waals surface area contributed by atoms with E-state index in [1.165, 1.54) is 47.2 Å². The van der Waals surface area contributed by atoms with Gasteiger partial charge in [-0.3, -0.25) is 9.20 Å². The van der Waals surface area contributed by atoms with E-state index in [2.05, 4.69) is 10.2 Å². The lowest BCUT2D eigenvalue weighted by Gasteiger charge is -2.10. The summed E-state index contributed by atoms with van der Waals surface area (Å²) in [5, 5.41) is 10.5. The number of hydrogen-bond acceptors (Lipinski definition) is 6. The third kappa shape index (κ3) is 2.82. The van der Waals surface area contributed by atoms with Gasteiger partial charge in [0.2, 0.25) is 0 Å². The minimum Gasteiger partial charge on any atom is -0.293 e. The van der Waals surface area contributed by atoms with Crippen molar-refractivity contribution in [2.24, 2.45) is 0 Å². The van der Waals surface area contributed by atoms with Crippen LogP contribution < -0.4 is 0 Å². The highest BCUT2D eigenvalue weighted by Gasteiger charge is 2.23. The van der Waals surface area contributed by atoms with Crippen molar-refractivity contribution in [1.82, 2.24) is 19.6 Å². The molecule has 1 aromatic carbocycles. The van der Waals surface area contributed by atoms with Gasteiger partial charge in [0, 0.05) is 4.88 Å². The van der Waals surface area contributed by atoms with Gasteiger partial charge in [-0.2, -0.15) is 0 Å². The molecule has 142 valence electrons. The maximum Gasteiger partial charge on any atom is 0.197 e. The first-order valence-corrected chi connectivity index (χ1v) is 11.0. The van der Waals surface area contributed by atoms with Gasteiger partial charge in [-0.1, -0.05) is 23.9 Å². The monoisotopic (exact) mass is 412 g/mol. The number of fused-ring (bicyclic) bond motifs is 5. The Balaban J connectivity index is 1.52. The Bertz CT molecular complexity index is 1230. The van der Waals surface area contributed by atoms with E-state index in [1.807, 2.05) is 11.3 Å². The van der Waals surface area contributed by atoms with E-state index in [1.54, 1.807) is 23.5 Å². The molecular formula is C20H17FN4OS2. The van der Waals surface area contributed by atoms with Crippen LogP contribution in [0.4, 0.5) is 4.39 Å². The fourth-order valence-electron chi connectivity index (χ4n) is 3.77. The van der Waals surface area contributed by atoms with E-state index >= 15 is 0 Å². The molecule has 4 aromatic rings. The van der Waals surface area contributed by atoms with E-state index in [-0.39, 0.29) is 17.1 Å². The maximum atomic E-state index is 13.9. The fraction of sp³-hybridized carbons (Fsp3) is 0.300. The number of nitrogens with zero attached hydrogens (tertiary/aromatic N) is 4. The molecule has 8 heteroatoms. The minimum atomic E-state index is -0.497. The van der Waals surface area contributed by atoms with E-state index in [9.17, 15) is 9.18 Å². The first kappa shape index (κ1) is 17.8. The quantitative estimate of drug-likeness (QED) is 0.361. The second-order valence-electron chi connectivity index (χ2n) is 6.88. The predicted molar refractivity (Wildman–Crippen MR) is 109 cm³/mol. The number of rotatable bonds is 4. The van der Waals surface area contributed by atoms with Crippen LogP contribution in [0.15, 0.2) is 29.4 Å². The van der Waals surface area contributed by atoms with Gasteiger partial charge in [-0.25, -0.2) is 9.37 Å². The third-order valence-electron chi connectivity index (χ3n) is 5.10. The zero-order chi connectivity index (χ0) is 19.3. The van der Waals surface area contributed by atoms with Crippen LogP contribution in [0.3, 0.4) is 0 Å². The van der Waals surface area contributed by atoms with Crippen LogP contribution in [-0.4, -0.2) is 31.1 Å². The summed E-state index contributed by atoms with van der Waals surface area (Å²) in [4.78, 5) is 19.6. The Morgan fingerprint density at radius 2 is 2.07 bits per heavy atom. The second-order valence-corrected chi connectivity index (χ2v) is 8.91. The predicted octanol–water partition coefficient (Wildman–Crippen LogP) is 4.64. The van der Waals surface area contributed by atoms with Gasteiger partial charge in [0.05, 0.1) is 16.7 Å². The number of carbonyl (C=O) groups excluding carboxylic acids is 1.